The average Bonchev–Trinajstić information content (AvgIpc) is 3.05. The quantitative estimate of drug-likeness (QED) is 0.212. The second kappa shape index (κ2) is 12.8. The minimum Gasteiger partial charge on any atom is -1.00 e. The summed E-state index contributed by atoms with van der Waals surface area (Å²) in [6, 6.07) is 21.5. The van der Waals surface area contributed by atoms with E-state index in [0.717, 1.165) is 0 Å². The van der Waals surface area contributed by atoms with Gasteiger partial charge in [0, 0.05) is 0 Å². The number of benzene rings is 2. The van der Waals surface area contributed by atoms with Crippen molar-refractivity contribution in [2.24, 2.45) is 0 Å². The molecule has 0 aromatic heterocycles. The van der Waals surface area contributed by atoms with Gasteiger partial charge in [0.25, 0.3) is 0 Å². The van der Waals surface area contributed by atoms with Crippen LogP contribution in [0, 0.1) is 27.7 Å². The van der Waals surface area contributed by atoms with Crippen molar-refractivity contribution in [1.29, 1.82) is 0 Å². The Kier molecular flexibility index (Phi) is 12.5. The molecule has 4 aromatic carbocycles. The number of rotatable bonds is 0. The van der Waals surface area contributed by atoms with Crippen molar-refractivity contribution in [3.8, 4) is 0 Å². The van der Waals surface area contributed by atoms with Crippen molar-refractivity contribution in [1.82, 2.24) is 0 Å². The van der Waals surface area contributed by atoms with Gasteiger partial charge in [0.05, 0.1) is 0 Å². The maximum atomic E-state index is 2.33. The summed E-state index contributed by atoms with van der Waals surface area (Å²) in [4.78, 5) is 0. The fraction of sp³-hybridized carbons (Fsp3) is 0.250. The largest absolute Gasteiger partial charge is 1.00 e. The molecule has 0 aliphatic carbocycles. The normalized spacial score (nSPS) is 9.43. The minimum absolute atomic E-state index is 0. The van der Waals surface area contributed by atoms with Gasteiger partial charge in [-0.25, -0.2) is 0 Å². The van der Waals surface area contributed by atoms with E-state index in [2.05, 4.69) is 101 Å². The SMILES string of the molecule is C[Si](C)=[Hf+2].Cc1[cH-]c2ccccc2c1C.Cc1[cH-]c2ccccc2c1C.[Cl-].[Cl-]. The van der Waals surface area contributed by atoms with Gasteiger partial charge in [-0.05, 0) is 0 Å². The molecule has 0 heterocycles. The van der Waals surface area contributed by atoms with Crippen LogP contribution >= 0.6 is 0 Å². The molecule has 0 radical (unpaired) electrons. The van der Waals surface area contributed by atoms with Crippen molar-refractivity contribution < 1.29 is 47.8 Å². The Hall–Kier alpha value is -0.673. The molecule has 0 aliphatic rings. The Bertz CT molecular complexity index is 946. The Balaban J connectivity index is 0.000000415. The molecule has 0 amide bonds. The fourth-order valence-electron chi connectivity index (χ4n) is 3.04. The molecule has 0 atom stereocenters. The van der Waals surface area contributed by atoms with Gasteiger partial charge in [0.2, 0.25) is 0 Å². The van der Waals surface area contributed by atoms with Crippen LogP contribution in [0.3, 0.4) is 0 Å². The molecule has 0 aliphatic heterocycles. The van der Waals surface area contributed by atoms with Gasteiger partial charge < -0.3 is 24.8 Å². The molecule has 0 spiro atoms. The first-order chi connectivity index (χ1) is 12.3. The van der Waals surface area contributed by atoms with Crippen LogP contribution in [0.5, 0.6) is 0 Å². The molecule has 0 nitrogen and oxygen atoms in total. The summed E-state index contributed by atoms with van der Waals surface area (Å²) in [5, 5.41) is 5.51. The molecule has 0 saturated carbocycles. The smallest absolute Gasteiger partial charge is 0.0576 e. The van der Waals surface area contributed by atoms with E-state index in [9.17, 15) is 0 Å². The van der Waals surface area contributed by atoms with E-state index in [1.807, 2.05) is 0 Å². The van der Waals surface area contributed by atoms with Crippen LogP contribution in [-0.4, -0.2) is 5.49 Å². The summed E-state index contributed by atoms with van der Waals surface area (Å²) in [6.07, 6.45) is 0. The van der Waals surface area contributed by atoms with Gasteiger partial charge in [-0.1, -0.05) is 39.8 Å². The maximum absolute atomic E-state index is 2.33. The van der Waals surface area contributed by atoms with E-state index in [1.165, 1.54) is 66.8 Å². The average molecular weight is 594 g/mol. The molecular weight excluding hydrogens is 566 g/mol. The molecule has 28 heavy (non-hydrogen) atoms. The molecule has 4 aromatic rings. The van der Waals surface area contributed by atoms with Crippen molar-refractivity contribution in [3.63, 3.8) is 0 Å². The van der Waals surface area contributed by atoms with Gasteiger partial charge in [-0.15, -0.1) is 81.2 Å². The number of hydrogen-bond donors (Lipinski definition) is 0. The Labute approximate surface area is 197 Å². The zero-order chi connectivity index (χ0) is 19.3. The fourth-order valence-corrected chi connectivity index (χ4v) is 3.04. The van der Waals surface area contributed by atoms with Crippen LogP contribution in [0.2, 0.25) is 13.1 Å². The maximum Gasteiger partial charge on any atom is -0.0576 e. The molecule has 0 fully saturated rings. The van der Waals surface area contributed by atoms with Crippen molar-refractivity contribution >= 4 is 27.0 Å². The van der Waals surface area contributed by atoms with E-state index >= 15 is 0 Å². The predicted molar refractivity (Wildman–Crippen MR) is 116 cm³/mol. The molecule has 0 N–H and O–H groups in total. The van der Waals surface area contributed by atoms with E-state index in [1.54, 1.807) is 0 Å². The van der Waals surface area contributed by atoms with Crippen LogP contribution in [0.25, 0.3) is 21.5 Å². The monoisotopic (exact) mass is 594 g/mol. The third-order valence-corrected chi connectivity index (χ3v) is 4.66. The minimum atomic E-state index is 0. The third kappa shape index (κ3) is 7.30. The molecule has 0 unspecified atom stereocenters. The number of hydrogen-bond acceptors (Lipinski definition) is 0. The van der Waals surface area contributed by atoms with Crippen LogP contribution in [0.15, 0.2) is 60.7 Å². The molecular formula is C24H28Cl2HfSi-2. The van der Waals surface area contributed by atoms with E-state index in [0.29, 0.717) is 0 Å². The van der Waals surface area contributed by atoms with Crippen LogP contribution in [0.4, 0.5) is 0 Å². The zero-order valence-corrected chi connectivity index (χ0v) is 23.6. The molecule has 4 rings (SSSR count). The second-order valence-corrected chi connectivity index (χ2v) is 19.9. The number of fused-ring (bicyclic) bond motifs is 2. The summed E-state index contributed by atoms with van der Waals surface area (Å²) in [5.74, 6) is 0. The summed E-state index contributed by atoms with van der Waals surface area (Å²) in [6.45, 7) is 13.3. The Morgan fingerprint density at radius 3 is 1.21 bits per heavy atom. The summed E-state index contributed by atoms with van der Waals surface area (Å²) in [5.41, 5.74) is 5.88. The predicted octanol–water partition coefficient (Wildman–Crippen LogP) is 1.14. The van der Waals surface area contributed by atoms with Gasteiger partial charge in [0.1, 0.15) is 0 Å². The number of halogens is 2. The van der Waals surface area contributed by atoms with Crippen molar-refractivity contribution in [3.05, 3.63) is 82.9 Å². The van der Waals surface area contributed by atoms with E-state index in [4.69, 9.17) is 0 Å². The summed E-state index contributed by atoms with van der Waals surface area (Å²) < 4.78 is 0. The Morgan fingerprint density at radius 2 is 0.929 bits per heavy atom. The molecule has 0 bridgehead atoms. The second-order valence-electron chi connectivity index (χ2n) is 7.08. The standard InChI is InChI=1S/2C11H11.C2H6Si.2ClH.Hf/c2*1-8-7-10-5-3-4-6-11(10)9(8)2;1-3-2;;;/h2*3-7H,1-2H3;1-2H3;2*1H;/q2*-1;;;;+2/p-2. The van der Waals surface area contributed by atoms with Crippen LogP contribution < -0.4 is 24.8 Å². The molecule has 0 saturated heterocycles. The summed E-state index contributed by atoms with van der Waals surface area (Å²) >= 11 is 1.45. The summed E-state index contributed by atoms with van der Waals surface area (Å²) in [7, 11) is 0. The molecule has 4 heteroatoms. The van der Waals surface area contributed by atoms with Gasteiger partial charge >= 0.3 is 41.6 Å². The van der Waals surface area contributed by atoms with Crippen molar-refractivity contribution in [2.45, 2.75) is 40.8 Å². The molecule has 148 valence electrons. The zero-order valence-electron chi connectivity index (χ0n) is 17.5. The first-order valence-electron chi connectivity index (χ1n) is 9.06. The first-order valence-corrected chi connectivity index (χ1v) is 16.9. The Morgan fingerprint density at radius 1 is 0.643 bits per heavy atom. The van der Waals surface area contributed by atoms with E-state index < -0.39 is 0 Å². The van der Waals surface area contributed by atoms with Crippen LogP contribution in [0.1, 0.15) is 22.3 Å². The van der Waals surface area contributed by atoms with Gasteiger partial charge in [-0.3, -0.25) is 0 Å². The third-order valence-electron chi connectivity index (χ3n) is 4.66. The topological polar surface area (TPSA) is 0 Å². The first kappa shape index (κ1) is 27.3. The van der Waals surface area contributed by atoms with E-state index in [-0.39, 0.29) is 30.3 Å². The van der Waals surface area contributed by atoms with Crippen molar-refractivity contribution in [2.75, 3.05) is 0 Å². The number of aryl methyl sites for hydroxylation is 4. The van der Waals surface area contributed by atoms with Gasteiger partial charge in [0.15, 0.2) is 0 Å². The van der Waals surface area contributed by atoms with Crippen LogP contribution in [-0.2, 0) is 23.0 Å². The van der Waals surface area contributed by atoms with Gasteiger partial charge in [-0.2, -0.15) is 11.1 Å².